The summed E-state index contributed by atoms with van der Waals surface area (Å²) in [7, 11) is 0. The first-order chi connectivity index (χ1) is 8.19. The minimum absolute atomic E-state index is 0.237. The molecule has 1 aromatic heterocycles. The molecule has 0 saturated heterocycles. The number of nitrogens with one attached hydrogen (secondary N) is 2. The van der Waals surface area contributed by atoms with Gasteiger partial charge in [0.25, 0.3) is 0 Å². The molecule has 88 valence electrons. The summed E-state index contributed by atoms with van der Waals surface area (Å²) in [6.45, 7) is 1.95. The van der Waals surface area contributed by atoms with E-state index in [-0.39, 0.29) is 5.95 Å². The molecule has 0 spiro atoms. The summed E-state index contributed by atoms with van der Waals surface area (Å²) in [4.78, 5) is 18.5. The molecule has 2 aromatic rings. The number of amides is 1. The largest absolute Gasteiger partial charge is 0.465 e. The van der Waals surface area contributed by atoms with Gasteiger partial charge in [0.2, 0.25) is 5.95 Å². The predicted octanol–water partition coefficient (Wildman–Crippen LogP) is 3.28. The number of rotatable bonds is 3. The van der Waals surface area contributed by atoms with Gasteiger partial charge >= 0.3 is 6.09 Å². The Morgan fingerprint density at radius 2 is 2.41 bits per heavy atom. The summed E-state index contributed by atoms with van der Waals surface area (Å²) in [6, 6.07) is 5.74. The molecular weight excluding hydrogens is 238 g/mol. The number of hydrogen-bond acceptors (Lipinski definition) is 3. The first-order valence-corrected chi connectivity index (χ1v) is 5.84. The second-order valence-corrected chi connectivity index (χ2v) is 4.26. The lowest BCUT2D eigenvalue weighted by molar-refractivity contribution is 0.209. The van der Waals surface area contributed by atoms with E-state index in [1.165, 1.54) is 0 Å². The Bertz CT molecular complexity index is 577. The number of allylic oxidation sites excluding steroid dienone is 1. The number of carbonyl (C=O) groups is 1. The van der Waals surface area contributed by atoms with Crippen LogP contribution in [0.3, 0.4) is 0 Å². The summed E-state index contributed by atoms with van der Waals surface area (Å²) in [6.07, 6.45) is 0.823. The Labute approximate surface area is 102 Å². The van der Waals surface area contributed by atoms with E-state index in [4.69, 9.17) is 5.11 Å². The minimum Gasteiger partial charge on any atom is -0.465 e. The van der Waals surface area contributed by atoms with E-state index in [9.17, 15) is 4.79 Å². The lowest BCUT2D eigenvalue weighted by Crippen LogP contribution is -2.08. The van der Waals surface area contributed by atoms with E-state index in [0.29, 0.717) is 0 Å². The fraction of sp³-hybridized carbons (Fsp3) is 0.0909. The molecule has 2 rings (SSSR count). The Hall–Kier alpha value is -1.95. The number of benzene rings is 1. The number of nitrogens with zero attached hydrogens (tertiary/aromatic N) is 1. The molecule has 0 saturated carbocycles. The average molecular weight is 249 g/mol. The van der Waals surface area contributed by atoms with Crippen molar-refractivity contribution in [2.24, 2.45) is 0 Å². The zero-order valence-corrected chi connectivity index (χ0v) is 9.91. The predicted molar refractivity (Wildman–Crippen MR) is 68.4 cm³/mol. The van der Waals surface area contributed by atoms with Gasteiger partial charge in [-0.2, -0.15) is 0 Å². The van der Waals surface area contributed by atoms with Gasteiger partial charge in [-0.05, 0) is 30.5 Å². The SMILES string of the molecule is C/C=C\Sc1ccc2[nH]c(NC(=O)O)nc2c1. The number of aromatic nitrogens is 2. The van der Waals surface area contributed by atoms with E-state index in [0.717, 1.165) is 15.9 Å². The molecule has 0 aliphatic rings. The molecule has 0 bridgehead atoms. The standard InChI is InChI=1S/C11H11N3O2S/c1-2-5-17-7-3-4-8-9(6-7)13-10(12-8)14-11(15)16/h2-6H,1H3,(H,15,16)(H2,12,13,14)/b5-2-. The number of anilines is 1. The molecule has 5 nitrogen and oxygen atoms in total. The van der Waals surface area contributed by atoms with Crippen molar-refractivity contribution in [2.75, 3.05) is 5.32 Å². The highest BCUT2D eigenvalue weighted by Crippen LogP contribution is 2.24. The highest BCUT2D eigenvalue weighted by Gasteiger charge is 2.05. The van der Waals surface area contributed by atoms with Crippen LogP contribution in [-0.4, -0.2) is 21.2 Å². The lowest BCUT2D eigenvalue weighted by atomic mass is 10.3. The van der Waals surface area contributed by atoms with Crippen LogP contribution < -0.4 is 5.32 Å². The Morgan fingerprint density at radius 1 is 1.59 bits per heavy atom. The van der Waals surface area contributed by atoms with Crippen molar-refractivity contribution >= 4 is 34.8 Å². The maximum absolute atomic E-state index is 10.5. The highest BCUT2D eigenvalue weighted by atomic mass is 32.2. The number of fused-ring (bicyclic) bond motifs is 1. The number of imidazole rings is 1. The van der Waals surface area contributed by atoms with Crippen LogP contribution in [0.5, 0.6) is 0 Å². The number of thioether (sulfide) groups is 1. The van der Waals surface area contributed by atoms with Crippen molar-refractivity contribution in [2.45, 2.75) is 11.8 Å². The van der Waals surface area contributed by atoms with E-state index < -0.39 is 6.09 Å². The van der Waals surface area contributed by atoms with Gasteiger partial charge in [-0.3, -0.25) is 5.32 Å². The zero-order valence-electron chi connectivity index (χ0n) is 9.10. The molecular formula is C11H11N3O2S. The number of carboxylic acid groups (broad SMARTS) is 1. The summed E-state index contributed by atoms with van der Waals surface area (Å²) in [5, 5.41) is 12.7. The van der Waals surface area contributed by atoms with Crippen molar-refractivity contribution in [1.29, 1.82) is 0 Å². The van der Waals surface area contributed by atoms with Crippen LogP contribution in [-0.2, 0) is 0 Å². The molecule has 0 aliphatic heterocycles. The molecule has 17 heavy (non-hydrogen) atoms. The number of H-pyrrole nitrogens is 1. The van der Waals surface area contributed by atoms with E-state index in [2.05, 4.69) is 15.3 Å². The normalized spacial score (nSPS) is 11.1. The fourth-order valence-corrected chi connectivity index (χ4v) is 1.99. The Balaban J connectivity index is 2.30. The monoisotopic (exact) mass is 249 g/mol. The molecule has 0 aliphatic carbocycles. The van der Waals surface area contributed by atoms with Gasteiger partial charge in [0.15, 0.2) is 0 Å². The van der Waals surface area contributed by atoms with Crippen LogP contribution in [0.2, 0.25) is 0 Å². The molecule has 1 aromatic carbocycles. The molecule has 0 atom stereocenters. The summed E-state index contributed by atoms with van der Waals surface area (Å²) in [5.74, 6) is 0.237. The van der Waals surface area contributed by atoms with Crippen LogP contribution in [0, 0.1) is 0 Å². The van der Waals surface area contributed by atoms with Gasteiger partial charge in [-0.25, -0.2) is 9.78 Å². The van der Waals surface area contributed by atoms with Gasteiger partial charge < -0.3 is 10.1 Å². The van der Waals surface area contributed by atoms with Gasteiger partial charge in [-0.1, -0.05) is 17.8 Å². The lowest BCUT2D eigenvalue weighted by Gasteiger charge is -1.94. The number of aromatic amines is 1. The number of hydrogen-bond donors (Lipinski definition) is 3. The van der Waals surface area contributed by atoms with Gasteiger partial charge in [0.05, 0.1) is 11.0 Å². The smallest absolute Gasteiger partial charge is 0.411 e. The maximum Gasteiger partial charge on any atom is 0.411 e. The van der Waals surface area contributed by atoms with Gasteiger partial charge in [0, 0.05) is 4.90 Å². The molecule has 3 N–H and O–H groups in total. The van der Waals surface area contributed by atoms with Crippen molar-refractivity contribution in [3.05, 3.63) is 29.7 Å². The summed E-state index contributed by atoms with van der Waals surface area (Å²) >= 11 is 1.59. The van der Waals surface area contributed by atoms with Crippen LogP contribution >= 0.6 is 11.8 Å². The van der Waals surface area contributed by atoms with Gasteiger partial charge in [-0.15, -0.1) is 0 Å². The third kappa shape index (κ3) is 2.79. The quantitative estimate of drug-likeness (QED) is 0.729. The molecule has 0 unspecified atom stereocenters. The fourth-order valence-electron chi connectivity index (χ4n) is 1.37. The molecule has 6 heteroatoms. The first kappa shape index (κ1) is 11.5. The Morgan fingerprint density at radius 3 is 3.12 bits per heavy atom. The Kier molecular flexibility index (Phi) is 3.34. The first-order valence-electron chi connectivity index (χ1n) is 4.96. The van der Waals surface area contributed by atoms with Crippen LogP contribution in [0.25, 0.3) is 11.0 Å². The molecule has 1 amide bonds. The zero-order chi connectivity index (χ0) is 12.3. The minimum atomic E-state index is -1.13. The van der Waals surface area contributed by atoms with Crippen LogP contribution in [0.15, 0.2) is 34.6 Å². The van der Waals surface area contributed by atoms with E-state index >= 15 is 0 Å². The summed E-state index contributed by atoms with van der Waals surface area (Å²) in [5.41, 5.74) is 1.54. The topological polar surface area (TPSA) is 78.0 Å². The average Bonchev–Trinajstić information content (AvgIpc) is 2.66. The molecule has 1 heterocycles. The maximum atomic E-state index is 10.5. The van der Waals surface area contributed by atoms with Crippen LogP contribution in [0.4, 0.5) is 10.7 Å². The van der Waals surface area contributed by atoms with Crippen LogP contribution in [0.1, 0.15) is 6.92 Å². The van der Waals surface area contributed by atoms with Crippen molar-refractivity contribution in [3.63, 3.8) is 0 Å². The highest BCUT2D eigenvalue weighted by molar-refractivity contribution is 8.02. The van der Waals surface area contributed by atoms with Crippen molar-refractivity contribution < 1.29 is 9.90 Å². The second-order valence-electron chi connectivity index (χ2n) is 3.28. The van der Waals surface area contributed by atoms with Gasteiger partial charge in [0.1, 0.15) is 0 Å². The summed E-state index contributed by atoms with van der Waals surface area (Å²) < 4.78 is 0. The second kappa shape index (κ2) is 4.92. The van der Waals surface area contributed by atoms with Crippen molar-refractivity contribution in [3.8, 4) is 0 Å². The van der Waals surface area contributed by atoms with Crippen molar-refractivity contribution in [1.82, 2.24) is 9.97 Å². The third-order valence-electron chi connectivity index (χ3n) is 2.02. The molecule has 0 radical (unpaired) electrons. The van der Waals surface area contributed by atoms with E-state index in [1.54, 1.807) is 11.8 Å². The third-order valence-corrected chi connectivity index (χ3v) is 2.95. The van der Waals surface area contributed by atoms with E-state index in [1.807, 2.05) is 36.6 Å². The molecule has 0 fully saturated rings.